The van der Waals surface area contributed by atoms with Crippen LogP contribution in [-0.2, 0) is 6.54 Å². The van der Waals surface area contributed by atoms with Gasteiger partial charge in [0, 0.05) is 31.9 Å². The molecule has 0 saturated carbocycles. The fourth-order valence-corrected chi connectivity index (χ4v) is 1.93. The number of anilines is 1. The molecule has 3 nitrogen and oxygen atoms in total. The van der Waals surface area contributed by atoms with Crippen molar-refractivity contribution in [2.45, 2.75) is 46.2 Å². The predicted molar refractivity (Wildman–Crippen MR) is 83.7 cm³/mol. The second-order valence-corrected chi connectivity index (χ2v) is 5.36. The Kier molecular flexibility index (Phi) is 6.57. The van der Waals surface area contributed by atoms with E-state index >= 15 is 0 Å². The molecule has 0 fully saturated rings. The highest BCUT2D eigenvalue weighted by Gasteiger charge is 2.05. The number of nitrogens with one attached hydrogen (secondary N) is 1. The summed E-state index contributed by atoms with van der Waals surface area (Å²) in [5.41, 5.74) is 2.38. The van der Waals surface area contributed by atoms with E-state index in [2.05, 4.69) is 61.7 Å². The number of hydrogen-bond acceptors (Lipinski definition) is 3. The van der Waals surface area contributed by atoms with E-state index in [0.717, 1.165) is 37.4 Å². The molecule has 0 saturated heterocycles. The summed E-state index contributed by atoms with van der Waals surface area (Å²) in [5.74, 6) is 1.06. The Bertz CT molecular complexity index is 399. The molecule has 1 aromatic heterocycles. The van der Waals surface area contributed by atoms with Crippen LogP contribution in [0.1, 0.15) is 37.9 Å². The zero-order valence-electron chi connectivity index (χ0n) is 12.7. The molecule has 0 radical (unpaired) electrons. The van der Waals surface area contributed by atoms with E-state index in [1.54, 1.807) is 0 Å². The van der Waals surface area contributed by atoms with E-state index in [-0.39, 0.29) is 0 Å². The Morgan fingerprint density at radius 3 is 2.79 bits per heavy atom. The summed E-state index contributed by atoms with van der Waals surface area (Å²) >= 11 is 0. The van der Waals surface area contributed by atoms with Crippen molar-refractivity contribution in [2.24, 2.45) is 0 Å². The van der Waals surface area contributed by atoms with Crippen molar-refractivity contribution in [3.63, 3.8) is 0 Å². The van der Waals surface area contributed by atoms with Crippen LogP contribution in [0.4, 0.5) is 5.82 Å². The third kappa shape index (κ3) is 5.88. The highest BCUT2D eigenvalue weighted by Crippen LogP contribution is 2.14. The number of nitrogens with zero attached hydrogens (tertiary/aromatic N) is 2. The molecule has 1 N–H and O–H groups in total. The average molecular weight is 261 g/mol. The van der Waals surface area contributed by atoms with Crippen molar-refractivity contribution in [3.05, 3.63) is 36.0 Å². The highest BCUT2D eigenvalue weighted by atomic mass is 15.2. The number of hydrogen-bond donors (Lipinski definition) is 1. The van der Waals surface area contributed by atoms with Gasteiger partial charge in [-0.15, -0.1) is 6.58 Å². The van der Waals surface area contributed by atoms with Crippen LogP contribution >= 0.6 is 0 Å². The predicted octanol–water partition coefficient (Wildman–Crippen LogP) is 3.29. The topological polar surface area (TPSA) is 28.2 Å². The molecule has 0 unspecified atom stereocenters. The molecule has 0 aliphatic heterocycles. The normalized spacial score (nSPS) is 10.8. The SMILES string of the molecule is C=CCCCN(C)c1cc(CNC(C)C)cc(C)n1. The van der Waals surface area contributed by atoms with Crippen LogP contribution in [0.3, 0.4) is 0 Å². The first-order chi connectivity index (χ1) is 9.02. The minimum atomic E-state index is 0.502. The van der Waals surface area contributed by atoms with Gasteiger partial charge in [0.05, 0.1) is 0 Å². The van der Waals surface area contributed by atoms with Crippen LogP contribution in [0.2, 0.25) is 0 Å². The van der Waals surface area contributed by atoms with E-state index < -0.39 is 0 Å². The van der Waals surface area contributed by atoms with Crippen LogP contribution in [-0.4, -0.2) is 24.6 Å². The van der Waals surface area contributed by atoms with Gasteiger partial charge in [-0.05, 0) is 37.5 Å². The average Bonchev–Trinajstić information content (AvgIpc) is 2.36. The summed E-state index contributed by atoms with van der Waals surface area (Å²) in [6, 6.07) is 4.83. The molecule has 0 amide bonds. The number of rotatable bonds is 8. The molecule has 106 valence electrons. The van der Waals surface area contributed by atoms with Gasteiger partial charge in [-0.25, -0.2) is 4.98 Å². The standard InChI is InChI=1S/C16H27N3/c1-6-7-8-9-19(5)16-11-15(10-14(4)18-16)12-17-13(2)3/h6,10-11,13,17H,1,7-9,12H2,2-5H3. The van der Waals surface area contributed by atoms with Gasteiger partial charge in [-0.3, -0.25) is 0 Å². The molecule has 0 aliphatic rings. The van der Waals surface area contributed by atoms with Crippen LogP contribution in [0.25, 0.3) is 0 Å². The lowest BCUT2D eigenvalue weighted by Crippen LogP contribution is -2.23. The van der Waals surface area contributed by atoms with Crippen molar-refractivity contribution in [3.8, 4) is 0 Å². The van der Waals surface area contributed by atoms with Crippen molar-refractivity contribution in [1.29, 1.82) is 0 Å². The first-order valence-electron chi connectivity index (χ1n) is 7.06. The van der Waals surface area contributed by atoms with E-state index in [0.29, 0.717) is 6.04 Å². The third-order valence-electron chi connectivity index (χ3n) is 3.01. The summed E-state index contributed by atoms with van der Waals surface area (Å²) < 4.78 is 0. The van der Waals surface area contributed by atoms with Crippen LogP contribution < -0.4 is 10.2 Å². The third-order valence-corrected chi connectivity index (χ3v) is 3.01. The number of pyridine rings is 1. The Labute approximate surface area is 117 Å². The number of aromatic nitrogens is 1. The molecule has 19 heavy (non-hydrogen) atoms. The van der Waals surface area contributed by atoms with E-state index in [9.17, 15) is 0 Å². The number of unbranched alkanes of at least 4 members (excludes halogenated alkanes) is 1. The molecular weight excluding hydrogens is 234 g/mol. The fourth-order valence-electron chi connectivity index (χ4n) is 1.93. The fraction of sp³-hybridized carbons (Fsp3) is 0.562. The second kappa shape index (κ2) is 7.95. The Balaban J connectivity index is 2.69. The maximum Gasteiger partial charge on any atom is 0.128 e. The molecule has 0 aliphatic carbocycles. The van der Waals surface area contributed by atoms with Crippen molar-refractivity contribution >= 4 is 5.82 Å². The number of allylic oxidation sites excluding steroid dienone is 1. The van der Waals surface area contributed by atoms with E-state index in [4.69, 9.17) is 0 Å². The Morgan fingerprint density at radius 2 is 2.16 bits per heavy atom. The lowest BCUT2D eigenvalue weighted by molar-refractivity contribution is 0.588. The van der Waals surface area contributed by atoms with Gasteiger partial charge in [0.25, 0.3) is 0 Å². The van der Waals surface area contributed by atoms with Gasteiger partial charge in [0.15, 0.2) is 0 Å². The molecule has 1 rings (SSSR count). The molecule has 3 heteroatoms. The molecule has 0 atom stereocenters. The molecular formula is C16H27N3. The minimum Gasteiger partial charge on any atom is -0.360 e. The maximum atomic E-state index is 4.61. The van der Waals surface area contributed by atoms with Crippen LogP contribution in [0.5, 0.6) is 0 Å². The van der Waals surface area contributed by atoms with Gasteiger partial charge >= 0.3 is 0 Å². The molecule has 0 aromatic carbocycles. The first kappa shape index (κ1) is 15.7. The van der Waals surface area contributed by atoms with Crippen molar-refractivity contribution in [1.82, 2.24) is 10.3 Å². The molecule has 1 heterocycles. The van der Waals surface area contributed by atoms with E-state index in [1.807, 2.05) is 6.08 Å². The molecule has 1 aromatic rings. The maximum absolute atomic E-state index is 4.61. The largest absolute Gasteiger partial charge is 0.360 e. The Morgan fingerprint density at radius 1 is 1.42 bits per heavy atom. The van der Waals surface area contributed by atoms with Gasteiger partial charge in [-0.2, -0.15) is 0 Å². The summed E-state index contributed by atoms with van der Waals surface area (Å²) in [6.07, 6.45) is 4.14. The zero-order valence-corrected chi connectivity index (χ0v) is 12.7. The first-order valence-corrected chi connectivity index (χ1v) is 7.06. The minimum absolute atomic E-state index is 0.502. The highest BCUT2D eigenvalue weighted by molar-refractivity contribution is 5.41. The van der Waals surface area contributed by atoms with Crippen molar-refractivity contribution in [2.75, 3.05) is 18.5 Å². The lowest BCUT2D eigenvalue weighted by Gasteiger charge is -2.19. The smallest absolute Gasteiger partial charge is 0.128 e. The second-order valence-electron chi connectivity index (χ2n) is 5.36. The monoisotopic (exact) mass is 261 g/mol. The Hall–Kier alpha value is -1.35. The van der Waals surface area contributed by atoms with Gasteiger partial charge in [0.1, 0.15) is 5.82 Å². The van der Waals surface area contributed by atoms with Gasteiger partial charge < -0.3 is 10.2 Å². The van der Waals surface area contributed by atoms with Gasteiger partial charge in [0.2, 0.25) is 0 Å². The quantitative estimate of drug-likeness (QED) is 0.575. The van der Waals surface area contributed by atoms with Crippen LogP contribution in [0.15, 0.2) is 24.8 Å². The summed E-state index contributed by atoms with van der Waals surface area (Å²) in [7, 11) is 2.10. The van der Waals surface area contributed by atoms with Gasteiger partial charge in [-0.1, -0.05) is 19.9 Å². The lowest BCUT2D eigenvalue weighted by atomic mass is 10.2. The van der Waals surface area contributed by atoms with E-state index in [1.165, 1.54) is 5.56 Å². The molecule has 0 spiro atoms. The zero-order chi connectivity index (χ0) is 14.3. The summed E-state index contributed by atoms with van der Waals surface area (Å²) in [6.45, 7) is 12.0. The van der Waals surface area contributed by atoms with Crippen LogP contribution in [0, 0.1) is 6.92 Å². The molecule has 0 bridgehead atoms. The number of aryl methyl sites for hydroxylation is 1. The van der Waals surface area contributed by atoms with Crippen molar-refractivity contribution < 1.29 is 0 Å². The summed E-state index contributed by atoms with van der Waals surface area (Å²) in [4.78, 5) is 6.83. The summed E-state index contributed by atoms with van der Waals surface area (Å²) in [5, 5.41) is 3.45.